The van der Waals surface area contributed by atoms with E-state index in [-0.39, 0.29) is 11.4 Å². The Bertz CT molecular complexity index is 1100. The third-order valence-corrected chi connectivity index (χ3v) is 5.42. The number of sulfone groups is 1. The van der Waals surface area contributed by atoms with Crippen molar-refractivity contribution in [1.82, 2.24) is 0 Å². The lowest BCUT2D eigenvalue weighted by Crippen LogP contribution is -2.13. The molecule has 1 heterocycles. The molecule has 1 N–H and O–H groups in total. The number of anilines is 1. The molecule has 0 unspecified atom stereocenters. The molecule has 0 fully saturated rings. The van der Waals surface area contributed by atoms with E-state index in [1.54, 1.807) is 25.1 Å². The summed E-state index contributed by atoms with van der Waals surface area (Å²) >= 11 is 0. The molecule has 0 saturated heterocycles. The molecule has 3 rings (SSSR count). The SMILES string of the molecule is COc1ccc2oc(C(=O)Nc3ccc(S(=O)(=O)C(F)F)cc3)c(C)c2c1. The van der Waals surface area contributed by atoms with Gasteiger partial charge in [-0.15, -0.1) is 0 Å². The first kappa shape index (κ1) is 18.8. The normalized spacial score (nSPS) is 11.7. The number of carbonyl (C=O) groups excluding carboxylic acids is 1. The molecule has 0 atom stereocenters. The summed E-state index contributed by atoms with van der Waals surface area (Å²) in [4.78, 5) is 11.9. The maximum Gasteiger partial charge on any atom is 0.341 e. The summed E-state index contributed by atoms with van der Waals surface area (Å²) < 4.78 is 58.7. The molecule has 9 heteroatoms. The van der Waals surface area contributed by atoms with Crippen molar-refractivity contribution in [1.29, 1.82) is 0 Å². The average Bonchev–Trinajstić information content (AvgIpc) is 2.98. The van der Waals surface area contributed by atoms with Gasteiger partial charge < -0.3 is 14.5 Å². The highest BCUT2D eigenvalue weighted by Gasteiger charge is 2.26. The number of fused-ring (bicyclic) bond motifs is 1. The van der Waals surface area contributed by atoms with E-state index in [2.05, 4.69) is 5.32 Å². The number of alkyl halides is 2. The Balaban J connectivity index is 1.85. The predicted octanol–water partition coefficient (Wildman–Crippen LogP) is 4.00. The molecule has 0 bridgehead atoms. The molecule has 6 nitrogen and oxygen atoms in total. The topological polar surface area (TPSA) is 85.6 Å². The van der Waals surface area contributed by atoms with Crippen molar-refractivity contribution < 1.29 is 31.1 Å². The van der Waals surface area contributed by atoms with Crippen molar-refractivity contribution >= 4 is 32.4 Å². The quantitative estimate of drug-likeness (QED) is 0.706. The van der Waals surface area contributed by atoms with Crippen molar-refractivity contribution in [3.63, 3.8) is 0 Å². The predicted molar refractivity (Wildman–Crippen MR) is 95.1 cm³/mol. The van der Waals surface area contributed by atoms with E-state index >= 15 is 0 Å². The molecule has 0 aliphatic rings. The van der Waals surface area contributed by atoms with Crippen molar-refractivity contribution in [2.24, 2.45) is 0 Å². The molecule has 1 amide bonds. The lowest BCUT2D eigenvalue weighted by Gasteiger charge is -2.06. The van der Waals surface area contributed by atoms with Crippen molar-refractivity contribution in [2.45, 2.75) is 17.6 Å². The van der Waals surface area contributed by atoms with Crippen LogP contribution in [0.3, 0.4) is 0 Å². The number of nitrogens with one attached hydrogen (secondary N) is 1. The average molecular weight is 395 g/mol. The molecular formula is C18H15F2NO5S. The van der Waals surface area contributed by atoms with Crippen LogP contribution in [0.1, 0.15) is 16.1 Å². The summed E-state index contributed by atoms with van der Waals surface area (Å²) in [5.74, 6) is -3.35. The number of halogens is 2. The molecule has 1 aromatic heterocycles. The van der Waals surface area contributed by atoms with Gasteiger partial charge in [0.25, 0.3) is 5.91 Å². The van der Waals surface area contributed by atoms with Crippen LogP contribution in [0.5, 0.6) is 5.75 Å². The zero-order chi connectivity index (χ0) is 19.8. The van der Waals surface area contributed by atoms with E-state index in [1.807, 2.05) is 0 Å². The Labute approximate surface area is 153 Å². The van der Waals surface area contributed by atoms with Gasteiger partial charge in [-0.05, 0) is 49.4 Å². The van der Waals surface area contributed by atoms with E-state index in [0.717, 1.165) is 17.5 Å². The van der Waals surface area contributed by atoms with E-state index < -0.39 is 26.4 Å². The van der Waals surface area contributed by atoms with Crippen LogP contribution in [0, 0.1) is 6.92 Å². The third-order valence-electron chi connectivity index (χ3n) is 4.02. The van der Waals surface area contributed by atoms with Gasteiger partial charge in [0.15, 0.2) is 5.76 Å². The molecule has 142 valence electrons. The number of aryl methyl sites for hydroxylation is 1. The number of rotatable bonds is 5. The number of hydrogen-bond acceptors (Lipinski definition) is 5. The van der Waals surface area contributed by atoms with E-state index in [4.69, 9.17) is 9.15 Å². The smallest absolute Gasteiger partial charge is 0.341 e. The standard InChI is InChI=1S/C18H15F2NO5S/c1-10-14-9-12(25-2)5-8-15(14)26-16(10)17(22)21-11-3-6-13(7-4-11)27(23,24)18(19)20/h3-9,18H,1-2H3,(H,21,22). The van der Waals surface area contributed by atoms with Gasteiger partial charge in [0.05, 0.1) is 12.0 Å². The number of amides is 1. The Morgan fingerprint density at radius 1 is 1.15 bits per heavy atom. The molecule has 0 radical (unpaired) electrons. The Kier molecular flexibility index (Phi) is 4.88. The molecule has 27 heavy (non-hydrogen) atoms. The summed E-state index contributed by atoms with van der Waals surface area (Å²) in [6, 6.07) is 9.61. The second-order valence-electron chi connectivity index (χ2n) is 5.70. The molecule has 0 spiro atoms. The van der Waals surface area contributed by atoms with E-state index in [0.29, 0.717) is 16.9 Å². The lowest BCUT2D eigenvalue weighted by atomic mass is 10.1. The number of carbonyl (C=O) groups is 1. The van der Waals surface area contributed by atoms with Gasteiger partial charge in [-0.1, -0.05) is 0 Å². The number of ether oxygens (including phenoxy) is 1. The summed E-state index contributed by atoms with van der Waals surface area (Å²) in [6.07, 6.45) is 0. The molecule has 0 aliphatic heterocycles. The van der Waals surface area contributed by atoms with Crippen LogP contribution < -0.4 is 10.1 Å². The molecule has 2 aromatic carbocycles. The van der Waals surface area contributed by atoms with Gasteiger partial charge in [0.1, 0.15) is 11.3 Å². The van der Waals surface area contributed by atoms with Gasteiger partial charge in [0, 0.05) is 16.6 Å². The van der Waals surface area contributed by atoms with Crippen LogP contribution in [-0.2, 0) is 9.84 Å². The summed E-state index contributed by atoms with van der Waals surface area (Å²) in [7, 11) is -3.15. The second-order valence-corrected chi connectivity index (χ2v) is 7.62. The zero-order valence-electron chi connectivity index (χ0n) is 14.3. The molecule has 0 aliphatic carbocycles. The van der Waals surface area contributed by atoms with Crippen molar-refractivity contribution in [2.75, 3.05) is 12.4 Å². The fourth-order valence-corrected chi connectivity index (χ4v) is 3.28. The summed E-state index contributed by atoms with van der Waals surface area (Å²) in [5.41, 5.74) is 1.36. The minimum absolute atomic E-state index is 0.0857. The number of furan rings is 1. The summed E-state index contributed by atoms with van der Waals surface area (Å²) in [5, 5.41) is 3.27. The minimum atomic E-state index is -4.68. The Morgan fingerprint density at radius 3 is 2.41 bits per heavy atom. The van der Waals surface area contributed by atoms with Crippen LogP contribution in [-0.4, -0.2) is 27.2 Å². The maximum absolute atomic E-state index is 12.6. The zero-order valence-corrected chi connectivity index (χ0v) is 15.1. The van der Waals surface area contributed by atoms with E-state index in [1.165, 1.54) is 19.2 Å². The number of methoxy groups -OCH3 is 1. The Hall–Kier alpha value is -2.94. The highest BCUT2D eigenvalue weighted by Crippen LogP contribution is 2.29. The van der Waals surface area contributed by atoms with Gasteiger partial charge >= 0.3 is 5.76 Å². The lowest BCUT2D eigenvalue weighted by molar-refractivity contribution is 0.0998. The fourth-order valence-electron chi connectivity index (χ4n) is 2.56. The van der Waals surface area contributed by atoms with Gasteiger partial charge in [-0.2, -0.15) is 8.78 Å². The van der Waals surface area contributed by atoms with Gasteiger partial charge in [0.2, 0.25) is 9.84 Å². The second kappa shape index (κ2) is 6.99. The van der Waals surface area contributed by atoms with Gasteiger partial charge in [-0.25, -0.2) is 8.42 Å². The monoisotopic (exact) mass is 395 g/mol. The first-order chi connectivity index (χ1) is 12.7. The maximum atomic E-state index is 12.6. The third kappa shape index (κ3) is 3.50. The fraction of sp³-hybridized carbons (Fsp3) is 0.167. The highest BCUT2D eigenvalue weighted by atomic mass is 32.2. The van der Waals surface area contributed by atoms with Crippen LogP contribution in [0.4, 0.5) is 14.5 Å². The van der Waals surface area contributed by atoms with E-state index in [9.17, 15) is 22.0 Å². The van der Waals surface area contributed by atoms with Crippen molar-refractivity contribution in [3.8, 4) is 5.75 Å². The largest absolute Gasteiger partial charge is 0.497 e. The number of hydrogen-bond donors (Lipinski definition) is 1. The van der Waals surface area contributed by atoms with Crippen LogP contribution in [0.2, 0.25) is 0 Å². The summed E-state index contributed by atoms with van der Waals surface area (Å²) in [6.45, 7) is 1.72. The van der Waals surface area contributed by atoms with Crippen LogP contribution in [0.25, 0.3) is 11.0 Å². The molecule has 3 aromatic rings. The molecule has 0 saturated carbocycles. The number of benzene rings is 2. The Morgan fingerprint density at radius 2 is 1.81 bits per heavy atom. The first-order valence-corrected chi connectivity index (χ1v) is 9.29. The van der Waals surface area contributed by atoms with Gasteiger partial charge in [-0.3, -0.25) is 4.79 Å². The van der Waals surface area contributed by atoms with Crippen LogP contribution >= 0.6 is 0 Å². The molecular weight excluding hydrogens is 380 g/mol. The minimum Gasteiger partial charge on any atom is -0.497 e. The van der Waals surface area contributed by atoms with Crippen molar-refractivity contribution in [3.05, 3.63) is 53.8 Å². The van der Waals surface area contributed by atoms with Crippen LogP contribution in [0.15, 0.2) is 51.8 Å². The first-order valence-electron chi connectivity index (χ1n) is 7.74. The highest BCUT2D eigenvalue weighted by molar-refractivity contribution is 7.91.